The zero-order valence-electron chi connectivity index (χ0n) is 51.8. The average Bonchev–Trinajstić information content (AvgIpc) is 1.49. The van der Waals surface area contributed by atoms with Crippen molar-refractivity contribution in [3.8, 4) is 44.5 Å². The molecule has 0 amide bonds. The Labute approximate surface area is 560 Å². The molecule has 21 aromatic rings. The van der Waals surface area contributed by atoms with Crippen molar-refractivity contribution in [3.63, 3.8) is 0 Å². The van der Waals surface area contributed by atoms with Crippen LogP contribution in [-0.4, -0.2) is 8.80 Å². The molecule has 4 nitrogen and oxygen atoms in total. The van der Waals surface area contributed by atoms with E-state index in [0.29, 0.717) is 0 Å². The summed E-state index contributed by atoms with van der Waals surface area (Å²) in [4.78, 5) is 4.90. The third-order valence-corrected chi connectivity index (χ3v) is 22.7. The van der Waals surface area contributed by atoms with Gasteiger partial charge < -0.3 is 18.6 Å². The van der Waals surface area contributed by atoms with Gasteiger partial charge in [-0.3, -0.25) is 0 Å². The van der Waals surface area contributed by atoms with Gasteiger partial charge in [-0.15, -0.1) is 22.7 Å². The Morgan fingerprint density at radius 1 is 0.229 bits per heavy atom. The van der Waals surface area contributed by atoms with Crippen LogP contribution in [0.3, 0.4) is 0 Å². The number of thiophene rings is 2. The average molecular weight is 1260 g/mol. The molecule has 6 heterocycles. The molecule has 0 spiro atoms. The van der Waals surface area contributed by atoms with Crippen molar-refractivity contribution in [2.75, 3.05) is 9.80 Å². The number of anilines is 6. The SMILES string of the molecule is c1ccc(-c2c3c4cccc5c6c(-c7cccc(N(c8ccccc8)c8cccc9c8sc8ccccc89)c7)cccc6n(c3c(-c3ccccc3)c3c6cccc7c8c(-c9cccc(N(c%10ccccc%10)c%10cccc%11c%10sc%10ccccc%10%11)c9)cccc8n(c23)c76)c54)cc1. The monoisotopic (exact) mass is 1250 g/mol. The second kappa shape index (κ2) is 20.7. The van der Waals surface area contributed by atoms with Crippen molar-refractivity contribution >= 4 is 173 Å². The molecule has 0 aliphatic rings. The third-order valence-electron chi connectivity index (χ3n) is 20.3. The van der Waals surface area contributed by atoms with E-state index in [1.165, 1.54) is 161 Å². The Hall–Kier alpha value is -12.1. The van der Waals surface area contributed by atoms with Crippen molar-refractivity contribution in [3.05, 3.63) is 328 Å². The Balaban J connectivity index is 0.813. The second-order valence-electron chi connectivity index (χ2n) is 25.3. The van der Waals surface area contributed by atoms with Gasteiger partial charge in [-0.1, -0.05) is 243 Å². The Morgan fingerprint density at radius 2 is 0.552 bits per heavy atom. The fourth-order valence-electron chi connectivity index (χ4n) is 16.5. The van der Waals surface area contributed by atoms with E-state index in [1.54, 1.807) is 0 Å². The van der Waals surface area contributed by atoms with Gasteiger partial charge in [0.15, 0.2) is 0 Å². The van der Waals surface area contributed by atoms with E-state index >= 15 is 0 Å². The van der Waals surface area contributed by atoms with E-state index in [0.717, 1.165) is 33.9 Å². The van der Waals surface area contributed by atoms with E-state index in [9.17, 15) is 0 Å². The second-order valence-corrected chi connectivity index (χ2v) is 27.5. The highest BCUT2D eigenvalue weighted by atomic mass is 32.1. The summed E-state index contributed by atoms with van der Waals surface area (Å²) in [6.45, 7) is 0. The van der Waals surface area contributed by atoms with Crippen LogP contribution in [0.1, 0.15) is 0 Å². The molecule has 0 N–H and O–H groups in total. The van der Waals surface area contributed by atoms with Crippen LogP contribution in [0.5, 0.6) is 0 Å². The maximum absolute atomic E-state index is 2.65. The summed E-state index contributed by atoms with van der Waals surface area (Å²) in [7, 11) is 0. The summed E-state index contributed by atoms with van der Waals surface area (Å²) in [5.74, 6) is 0. The zero-order chi connectivity index (χ0) is 62.7. The van der Waals surface area contributed by atoms with Gasteiger partial charge in [0, 0.05) is 108 Å². The molecule has 0 saturated carbocycles. The standard InChI is InChI=1S/C90H54N4S2/c1-5-25-55(26-6-1)79-83-71-45-19-43-69-82-64(58-30-18-36-62(54-58)92(60-33-11-4-12-34-60)76-50-24-42-68-66-38-14-16-52-78(66)96-90(68)76)40-22-48-74(82)94(85(69)71)88(83)80(56-27-7-2-8-28-56)84-72-46-20-44-70-81-63(39-21-47-73(81)93(86(70)72)87(79)84)57-29-17-35-61(53-57)91(59-31-9-3-10-32-59)75-49-23-41-67-65-37-13-15-51-77(65)95-89(67)75/h1-54H. The van der Waals surface area contributed by atoms with Crippen LogP contribution in [0.15, 0.2) is 328 Å². The Kier molecular flexibility index (Phi) is 11.5. The molecular weight excluding hydrogens is 1200 g/mol. The fourth-order valence-corrected chi connectivity index (χ4v) is 18.9. The number of hydrogen-bond donors (Lipinski definition) is 0. The van der Waals surface area contributed by atoms with Gasteiger partial charge >= 0.3 is 0 Å². The van der Waals surface area contributed by atoms with E-state index in [1.807, 2.05) is 22.7 Å². The van der Waals surface area contributed by atoms with Gasteiger partial charge in [0.1, 0.15) is 0 Å². The van der Waals surface area contributed by atoms with Gasteiger partial charge in [-0.05, 0) is 118 Å². The van der Waals surface area contributed by atoms with Crippen LogP contribution in [-0.2, 0) is 0 Å². The lowest BCUT2D eigenvalue weighted by molar-refractivity contribution is 1.30. The minimum Gasteiger partial charge on any atom is -0.309 e. The zero-order valence-corrected chi connectivity index (χ0v) is 53.4. The minimum atomic E-state index is 1.11. The first kappa shape index (κ1) is 53.4. The van der Waals surface area contributed by atoms with Gasteiger partial charge in [-0.25, -0.2) is 0 Å². The number of aromatic nitrogens is 2. The molecule has 0 aliphatic carbocycles. The highest BCUT2D eigenvalue weighted by Crippen LogP contribution is 2.56. The largest absolute Gasteiger partial charge is 0.309 e. The molecule has 446 valence electrons. The van der Waals surface area contributed by atoms with Gasteiger partial charge in [0.05, 0.1) is 53.9 Å². The molecule has 0 aliphatic heterocycles. The lowest BCUT2D eigenvalue weighted by atomic mass is 9.89. The first-order chi connectivity index (χ1) is 47.7. The highest BCUT2D eigenvalue weighted by Gasteiger charge is 2.32. The maximum Gasteiger partial charge on any atom is 0.0640 e. The molecule has 0 unspecified atom stereocenters. The number of para-hydroxylation sites is 4. The first-order valence-electron chi connectivity index (χ1n) is 32.9. The van der Waals surface area contributed by atoms with Crippen LogP contribution in [0.25, 0.3) is 161 Å². The van der Waals surface area contributed by atoms with Crippen molar-refractivity contribution in [1.82, 2.24) is 8.80 Å². The Bertz CT molecular complexity index is 6290. The van der Waals surface area contributed by atoms with Crippen molar-refractivity contribution in [1.29, 1.82) is 0 Å². The predicted octanol–water partition coefficient (Wildman–Crippen LogP) is 26.3. The molecule has 0 saturated heterocycles. The molecule has 0 radical (unpaired) electrons. The fraction of sp³-hybridized carbons (Fsp3) is 0. The highest BCUT2D eigenvalue weighted by molar-refractivity contribution is 7.26. The molecule has 6 heteroatoms. The molecule has 0 bridgehead atoms. The van der Waals surface area contributed by atoms with Crippen LogP contribution in [0, 0.1) is 0 Å². The van der Waals surface area contributed by atoms with Crippen LogP contribution < -0.4 is 9.80 Å². The molecule has 21 rings (SSSR count). The summed E-state index contributed by atoms with van der Waals surface area (Å²) >= 11 is 3.74. The van der Waals surface area contributed by atoms with E-state index in [-0.39, 0.29) is 0 Å². The van der Waals surface area contributed by atoms with E-state index in [2.05, 4.69) is 346 Å². The Morgan fingerprint density at radius 3 is 0.990 bits per heavy atom. The van der Waals surface area contributed by atoms with Crippen molar-refractivity contribution in [2.24, 2.45) is 0 Å². The number of fused-ring (bicyclic) bond motifs is 18. The number of hydrogen-bond acceptors (Lipinski definition) is 4. The predicted molar refractivity (Wildman–Crippen MR) is 413 cm³/mol. The van der Waals surface area contributed by atoms with Crippen LogP contribution in [0.4, 0.5) is 34.1 Å². The van der Waals surface area contributed by atoms with E-state index in [4.69, 9.17) is 0 Å². The molecule has 15 aromatic carbocycles. The van der Waals surface area contributed by atoms with Crippen molar-refractivity contribution < 1.29 is 0 Å². The maximum atomic E-state index is 2.65. The lowest BCUT2D eigenvalue weighted by Gasteiger charge is -2.26. The van der Waals surface area contributed by atoms with Gasteiger partial charge in [-0.2, -0.15) is 0 Å². The molecule has 6 aromatic heterocycles. The normalized spacial score (nSPS) is 12.2. The van der Waals surface area contributed by atoms with Crippen LogP contribution >= 0.6 is 22.7 Å². The summed E-state index contributed by atoms with van der Waals surface area (Å²) in [5, 5.41) is 15.1. The summed E-state index contributed by atoms with van der Waals surface area (Å²) in [6.07, 6.45) is 0. The smallest absolute Gasteiger partial charge is 0.0640 e. The molecular formula is C90H54N4S2. The van der Waals surface area contributed by atoms with Gasteiger partial charge in [0.2, 0.25) is 0 Å². The summed E-state index contributed by atoms with van der Waals surface area (Å²) < 4.78 is 10.4. The number of nitrogens with zero attached hydrogens (tertiary/aromatic N) is 4. The first-order valence-corrected chi connectivity index (χ1v) is 34.5. The third kappa shape index (κ3) is 7.59. The summed E-state index contributed by atoms with van der Waals surface area (Å²) in [6, 6.07) is 122. The molecule has 0 atom stereocenters. The van der Waals surface area contributed by atoms with Gasteiger partial charge in [0.25, 0.3) is 0 Å². The lowest BCUT2D eigenvalue weighted by Crippen LogP contribution is -2.10. The molecule has 0 fully saturated rings. The van der Waals surface area contributed by atoms with Crippen molar-refractivity contribution in [2.45, 2.75) is 0 Å². The van der Waals surface area contributed by atoms with Crippen LogP contribution in [0.2, 0.25) is 0 Å². The van der Waals surface area contributed by atoms with E-state index < -0.39 is 0 Å². The minimum absolute atomic E-state index is 1.11. The molecule has 96 heavy (non-hydrogen) atoms. The number of benzene rings is 15. The quantitative estimate of drug-likeness (QED) is 0.136. The topological polar surface area (TPSA) is 15.3 Å². The summed E-state index contributed by atoms with van der Waals surface area (Å²) in [5.41, 5.74) is 23.6. The number of rotatable bonds is 10.